The van der Waals surface area contributed by atoms with Gasteiger partial charge >= 0.3 is 5.97 Å². The lowest BCUT2D eigenvalue weighted by molar-refractivity contribution is 0.0700. The van der Waals surface area contributed by atoms with Crippen molar-refractivity contribution in [1.29, 1.82) is 0 Å². The second-order valence-corrected chi connectivity index (χ2v) is 5.93. The van der Waals surface area contributed by atoms with Gasteiger partial charge in [0.1, 0.15) is 9.88 Å². The van der Waals surface area contributed by atoms with E-state index >= 15 is 0 Å². The lowest BCUT2D eigenvalue weighted by atomic mass is 10.1. The second kappa shape index (κ2) is 4.53. The Labute approximate surface area is 124 Å². The van der Waals surface area contributed by atoms with Crippen molar-refractivity contribution in [3.8, 4) is 0 Å². The molecule has 2 amide bonds. The molecule has 0 saturated heterocycles. The zero-order valence-electron chi connectivity index (χ0n) is 11.3. The van der Waals surface area contributed by atoms with Crippen molar-refractivity contribution >= 4 is 34.1 Å². The molecule has 106 valence electrons. The van der Waals surface area contributed by atoms with Gasteiger partial charge in [-0.2, -0.15) is 0 Å². The van der Waals surface area contributed by atoms with E-state index in [1.807, 2.05) is 6.92 Å². The number of carboxylic acids is 1. The van der Waals surface area contributed by atoms with Gasteiger partial charge in [-0.25, -0.2) is 9.69 Å². The molecule has 0 saturated carbocycles. The third kappa shape index (κ3) is 1.95. The maximum atomic E-state index is 12.4. The zero-order valence-corrected chi connectivity index (χ0v) is 12.2. The van der Waals surface area contributed by atoms with Gasteiger partial charge in [-0.1, -0.05) is 11.6 Å². The number of aryl methyl sites for hydroxylation is 2. The van der Waals surface area contributed by atoms with Gasteiger partial charge in [0, 0.05) is 0 Å². The van der Waals surface area contributed by atoms with Gasteiger partial charge in [-0.15, -0.1) is 11.3 Å². The number of aromatic carboxylic acids is 1. The van der Waals surface area contributed by atoms with Gasteiger partial charge in [-0.3, -0.25) is 9.59 Å². The molecule has 3 rings (SSSR count). The smallest absolute Gasteiger partial charge is 0.346 e. The largest absolute Gasteiger partial charge is 0.477 e. The Kier molecular flexibility index (Phi) is 2.91. The monoisotopic (exact) mass is 301 g/mol. The number of anilines is 1. The third-order valence-electron chi connectivity index (χ3n) is 3.36. The molecule has 0 unspecified atom stereocenters. The average Bonchev–Trinajstić information content (AvgIpc) is 2.90. The standard InChI is InChI=1S/C15H11NO4S/c1-7-3-4-9-10(5-7)14(18)16(13(9)17)11-6-8(2)12(21-11)15(19)20/h3-6H,1-2H3,(H,19,20). The predicted octanol–water partition coefficient (Wildman–Crippen LogP) is 2.86. The summed E-state index contributed by atoms with van der Waals surface area (Å²) >= 11 is 0.932. The van der Waals surface area contributed by atoms with E-state index in [2.05, 4.69) is 0 Å². The lowest BCUT2D eigenvalue weighted by Crippen LogP contribution is -2.28. The Morgan fingerprint density at radius 2 is 1.76 bits per heavy atom. The molecule has 1 aromatic heterocycles. The number of rotatable bonds is 2. The van der Waals surface area contributed by atoms with E-state index in [4.69, 9.17) is 5.11 Å². The van der Waals surface area contributed by atoms with E-state index in [1.54, 1.807) is 31.2 Å². The predicted molar refractivity (Wildman–Crippen MR) is 78.3 cm³/mol. The lowest BCUT2D eigenvalue weighted by Gasteiger charge is -2.10. The Morgan fingerprint density at radius 3 is 2.38 bits per heavy atom. The number of hydrogen-bond acceptors (Lipinski definition) is 4. The van der Waals surface area contributed by atoms with Crippen molar-refractivity contribution in [2.75, 3.05) is 4.90 Å². The van der Waals surface area contributed by atoms with E-state index in [9.17, 15) is 14.4 Å². The van der Waals surface area contributed by atoms with Crippen LogP contribution in [0.25, 0.3) is 0 Å². The van der Waals surface area contributed by atoms with Crippen molar-refractivity contribution in [1.82, 2.24) is 0 Å². The fourth-order valence-corrected chi connectivity index (χ4v) is 3.35. The normalized spacial score (nSPS) is 13.7. The topological polar surface area (TPSA) is 74.7 Å². The summed E-state index contributed by atoms with van der Waals surface area (Å²) in [4.78, 5) is 37.1. The van der Waals surface area contributed by atoms with Crippen LogP contribution in [0, 0.1) is 13.8 Å². The highest BCUT2D eigenvalue weighted by Gasteiger charge is 2.38. The van der Waals surface area contributed by atoms with Crippen molar-refractivity contribution in [3.05, 3.63) is 51.4 Å². The molecule has 6 heteroatoms. The average molecular weight is 301 g/mol. The van der Waals surface area contributed by atoms with E-state index in [0.29, 0.717) is 21.7 Å². The molecule has 0 atom stereocenters. The maximum Gasteiger partial charge on any atom is 0.346 e. The van der Waals surface area contributed by atoms with Crippen LogP contribution in [-0.2, 0) is 0 Å². The molecular weight excluding hydrogens is 290 g/mol. The summed E-state index contributed by atoms with van der Waals surface area (Å²) in [5.74, 6) is -1.87. The summed E-state index contributed by atoms with van der Waals surface area (Å²) in [5, 5.41) is 9.43. The molecule has 0 bridgehead atoms. The molecule has 1 N–H and O–H groups in total. The van der Waals surface area contributed by atoms with Gasteiger partial charge in [0.2, 0.25) is 0 Å². The molecule has 2 heterocycles. The first-order valence-electron chi connectivity index (χ1n) is 6.23. The molecule has 0 aliphatic carbocycles. The van der Waals surface area contributed by atoms with Gasteiger partial charge in [0.25, 0.3) is 11.8 Å². The Hall–Kier alpha value is -2.47. The molecule has 21 heavy (non-hydrogen) atoms. The van der Waals surface area contributed by atoms with Crippen LogP contribution < -0.4 is 4.90 Å². The first kappa shape index (κ1) is 13.5. The van der Waals surface area contributed by atoms with Crippen LogP contribution in [0.4, 0.5) is 5.00 Å². The molecule has 0 radical (unpaired) electrons. The molecule has 5 nitrogen and oxygen atoms in total. The van der Waals surface area contributed by atoms with Crippen LogP contribution in [0.1, 0.15) is 41.5 Å². The van der Waals surface area contributed by atoms with Crippen LogP contribution in [0.5, 0.6) is 0 Å². The summed E-state index contributed by atoms with van der Waals surface area (Å²) in [6.45, 7) is 3.49. The molecule has 0 spiro atoms. The van der Waals surface area contributed by atoms with Gasteiger partial charge in [0.15, 0.2) is 0 Å². The summed E-state index contributed by atoms with van der Waals surface area (Å²) in [6, 6.07) is 6.64. The molecular formula is C15H11NO4S. The van der Waals surface area contributed by atoms with Crippen LogP contribution >= 0.6 is 11.3 Å². The first-order chi connectivity index (χ1) is 9.90. The molecule has 0 fully saturated rings. The fraction of sp³-hybridized carbons (Fsp3) is 0.133. The van der Waals surface area contributed by atoms with E-state index < -0.39 is 17.8 Å². The van der Waals surface area contributed by atoms with Crippen LogP contribution in [0.15, 0.2) is 24.3 Å². The molecule has 1 aliphatic heterocycles. The first-order valence-corrected chi connectivity index (χ1v) is 7.05. The number of carbonyl (C=O) groups excluding carboxylic acids is 2. The third-order valence-corrected chi connectivity index (χ3v) is 4.57. The zero-order chi connectivity index (χ0) is 15.3. The Morgan fingerprint density at radius 1 is 1.10 bits per heavy atom. The molecule has 1 aromatic carbocycles. The number of imide groups is 1. The van der Waals surface area contributed by atoms with Gasteiger partial charge in [0.05, 0.1) is 11.1 Å². The number of carbonyl (C=O) groups is 3. The van der Waals surface area contributed by atoms with Crippen LogP contribution in [0.3, 0.4) is 0 Å². The Balaban J connectivity index is 2.10. The molecule has 2 aromatic rings. The minimum absolute atomic E-state index is 0.137. The van der Waals surface area contributed by atoms with Crippen molar-refractivity contribution in [2.45, 2.75) is 13.8 Å². The molecule has 1 aliphatic rings. The quantitative estimate of drug-likeness (QED) is 0.865. The number of thiophene rings is 1. The van der Waals surface area contributed by atoms with Crippen LogP contribution in [-0.4, -0.2) is 22.9 Å². The number of nitrogens with zero attached hydrogens (tertiary/aromatic N) is 1. The maximum absolute atomic E-state index is 12.4. The highest BCUT2D eigenvalue weighted by atomic mass is 32.1. The number of carboxylic acid groups (broad SMARTS) is 1. The van der Waals surface area contributed by atoms with Gasteiger partial charge in [-0.05, 0) is 37.6 Å². The highest BCUT2D eigenvalue weighted by Crippen LogP contribution is 2.35. The van der Waals surface area contributed by atoms with E-state index in [-0.39, 0.29) is 4.88 Å². The second-order valence-electron chi connectivity index (χ2n) is 4.90. The summed E-state index contributed by atoms with van der Waals surface area (Å²) in [7, 11) is 0. The Bertz CT molecular complexity index is 806. The minimum Gasteiger partial charge on any atom is -0.477 e. The van der Waals surface area contributed by atoms with Crippen LogP contribution in [0.2, 0.25) is 0 Å². The SMILES string of the molecule is Cc1ccc2c(c1)C(=O)N(c1cc(C)c(C(=O)O)s1)C2=O. The van der Waals surface area contributed by atoms with E-state index in [1.165, 1.54) is 0 Å². The summed E-state index contributed by atoms with van der Waals surface area (Å²) in [6.07, 6.45) is 0. The summed E-state index contributed by atoms with van der Waals surface area (Å²) < 4.78 is 0. The number of fused-ring (bicyclic) bond motifs is 1. The van der Waals surface area contributed by atoms with E-state index in [0.717, 1.165) is 21.8 Å². The minimum atomic E-state index is -1.06. The van der Waals surface area contributed by atoms with Crippen molar-refractivity contribution in [3.63, 3.8) is 0 Å². The summed E-state index contributed by atoms with van der Waals surface area (Å²) in [5.41, 5.74) is 2.15. The van der Waals surface area contributed by atoms with Gasteiger partial charge < -0.3 is 5.11 Å². The van der Waals surface area contributed by atoms with Crippen molar-refractivity contribution < 1.29 is 19.5 Å². The number of amides is 2. The number of benzene rings is 1. The van der Waals surface area contributed by atoms with Crippen molar-refractivity contribution in [2.24, 2.45) is 0 Å². The fourth-order valence-electron chi connectivity index (χ4n) is 2.34. The highest BCUT2D eigenvalue weighted by molar-refractivity contribution is 7.18. The number of hydrogen-bond donors (Lipinski definition) is 1.